The van der Waals surface area contributed by atoms with Crippen molar-refractivity contribution < 1.29 is 14.1 Å². The zero-order valence-corrected chi connectivity index (χ0v) is 11.2. The fraction of sp³-hybridized carbons (Fsp3) is 0.636. The average molecular weight is 258 g/mol. The van der Waals surface area contributed by atoms with Crippen LogP contribution in [0.4, 0.5) is 0 Å². The minimum Gasteiger partial charge on any atom is -0.480 e. The third-order valence-electron chi connectivity index (χ3n) is 2.61. The van der Waals surface area contributed by atoms with E-state index in [0.717, 1.165) is 17.8 Å². The molecule has 6 heteroatoms. The molecule has 2 atom stereocenters. The van der Waals surface area contributed by atoms with Gasteiger partial charge < -0.3 is 5.11 Å². The van der Waals surface area contributed by atoms with Crippen molar-refractivity contribution in [3.63, 3.8) is 0 Å². The van der Waals surface area contributed by atoms with Gasteiger partial charge in [-0.15, -0.1) is 0 Å². The summed E-state index contributed by atoms with van der Waals surface area (Å²) >= 11 is 0. The summed E-state index contributed by atoms with van der Waals surface area (Å²) in [4.78, 5) is 10.7. The number of aromatic nitrogens is 2. The average Bonchev–Trinajstić information content (AvgIpc) is 2.70. The van der Waals surface area contributed by atoms with Crippen molar-refractivity contribution in [2.75, 3.05) is 0 Å². The number of carboxylic acids is 1. The SMILES string of the molecule is CCc1cc(CS(=O)C(C)C(=O)O)n(CC)n1. The van der Waals surface area contributed by atoms with E-state index in [1.807, 2.05) is 19.9 Å². The number of hydrogen-bond acceptors (Lipinski definition) is 3. The van der Waals surface area contributed by atoms with E-state index in [1.165, 1.54) is 6.92 Å². The van der Waals surface area contributed by atoms with Gasteiger partial charge in [0.15, 0.2) is 0 Å². The number of aliphatic carboxylic acids is 1. The molecule has 0 amide bonds. The molecule has 1 aromatic heterocycles. The van der Waals surface area contributed by atoms with Crippen LogP contribution in [0.15, 0.2) is 6.07 Å². The quantitative estimate of drug-likeness (QED) is 0.832. The largest absolute Gasteiger partial charge is 0.480 e. The maximum Gasteiger partial charge on any atom is 0.318 e. The van der Waals surface area contributed by atoms with Crippen LogP contribution in [0.3, 0.4) is 0 Å². The monoisotopic (exact) mass is 258 g/mol. The number of carboxylic acid groups (broad SMARTS) is 1. The van der Waals surface area contributed by atoms with Crippen molar-refractivity contribution in [1.29, 1.82) is 0 Å². The van der Waals surface area contributed by atoms with Gasteiger partial charge in [0.2, 0.25) is 0 Å². The molecule has 0 saturated heterocycles. The molecule has 0 aliphatic rings. The second-order valence-corrected chi connectivity index (χ2v) is 5.56. The van der Waals surface area contributed by atoms with E-state index in [-0.39, 0.29) is 5.75 Å². The van der Waals surface area contributed by atoms with Crippen LogP contribution >= 0.6 is 0 Å². The first kappa shape index (κ1) is 13.9. The van der Waals surface area contributed by atoms with Crippen LogP contribution in [-0.4, -0.2) is 30.3 Å². The van der Waals surface area contributed by atoms with Gasteiger partial charge in [0.1, 0.15) is 5.25 Å². The molecule has 0 aliphatic heterocycles. The summed E-state index contributed by atoms with van der Waals surface area (Å²) in [5.74, 6) is -0.782. The molecule has 0 aliphatic carbocycles. The molecule has 0 aromatic carbocycles. The number of nitrogens with zero attached hydrogens (tertiary/aromatic N) is 2. The maximum absolute atomic E-state index is 11.8. The molecule has 5 nitrogen and oxygen atoms in total. The Labute approximate surface area is 103 Å². The standard InChI is InChI=1S/C11H18N2O3S/c1-4-9-6-10(13(5-2)12-9)7-17(16)8(3)11(14)15/h6,8H,4-5,7H2,1-3H3,(H,14,15). The van der Waals surface area contributed by atoms with Crippen LogP contribution in [0.25, 0.3) is 0 Å². The zero-order valence-electron chi connectivity index (χ0n) is 10.3. The van der Waals surface area contributed by atoms with Crippen LogP contribution in [-0.2, 0) is 34.3 Å². The topological polar surface area (TPSA) is 72.2 Å². The fourth-order valence-corrected chi connectivity index (χ4v) is 2.46. The number of hydrogen-bond donors (Lipinski definition) is 1. The molecule has 0 spiro atoms. The highest BCUT2D eigenvalue weighted by atomic mass is 32.2. The summed E-state index contributed by atoms with van der Waals surface area (Å²) < 4.78 is 13.6. The van der Waals surface area contributed by atoms with Crippen molar-refractivity contribution in [3.05, 3.63) is 17.5 Å². The summed E-state index contributed by atoms with van der Waals surface area (Å²) in [6.45, 7) is 6.13. The van der Waals surface area contributed by atoms with Crippen LogP contribution in [0.2, 0.25) is 0 Å². The summed E-state index contributed by atoms with van der Waals surface area (Å²) in [6, 6.07) is 1.90. The van der Waals surface area contributed by atoms with E-state index in [4.69, 9.17) is 5.11 Å². The van der Waals surface area contributed by atoms with Gasteiger partial charge in [-0.05, 0) is 26.3 Å². The van der Waals surface area contributed by atoms with Crippen molar-refractivity contribution in [1.82, 2.24) is 9.78 Å². The lowest BCUT2D eigenvalue weighted by Gasteiger charge is -2.07. The third-order valence-corrected chi connectivity index (χ3v) is 4.18. The van der Waals surface area contributed by atoms with Gasteiger partial charge in [-0.25, -0.2) is 0 Å². The van der Waals surface area contributed by atoms with Gasteiger partial charge in [0.25, 0.3) is 0 Å². The smallest absolute Gasteiger partial charge is 0.318 e. The minimum absolute atomic E-state index is 0.244. The predicted octanol–water partition coefficient (Wildman–Crippen LogP) is 1.19. The second kappa shape index (κ2) is 5.95. The summed E-state index contributed by atoms with van der Waals surface area (Å²) in [7, 11) is -1.41. The number of aryl methyl sites for hydroxylation is 2. The van der Waals surface area contributed by atoms with Gasteiger partial charge in [0, 0.05) is 17.3 Å². The Bertz CT molecular complexity index is 428. The van der Waals surface area contributed by atoms with E-state index in [1.54, 1.807) is 4.68 Å². The molecular weight excluding hydrogens is 240 g/mol. The molecule has 17 heavy (non-hydrogen) atoms. The molecule has 1 rings (SSSR count). The highest BCUT2D eigenvalue weighted by molar-refractivity contribution is 7.85. The molecule has 1 N–H and O–H groups in total. The van der Waals surface area contributed by atoms with E-state index in [9.17, 15) is 9.00 Å². The Balaban J connectivity index is 2.83. The zero-order chi connectivity index (χ0) is 13.0. The van der Waals surface area contributed by atoms with E-state index < -0.39 is 22.0 Å². The summed E-state index contributed by atoms with van der Waals surface area (Å²) in [5, 5.41) is 12.3. The molecule has 0 radical (unpaired) electrons. The summed E-state index contributed by atoms with van der Waals surface area (Å²) in [6.07, 6.45) is 0.821. The lowest BCUT2D eigenvalue weighted by atomic mass is 10.3. The van der Waals surface area contributed by atoms with Gasteiger partial charge in [-0.2, -0.15) is 5.10 Å². The van der Waals surface area contributed by atoms with Crippen molar-refractivity contribution >= 4 is 16.8 Å². The molecular formula is C11H18N2O3S. The second-order valence-electron chi connectivity index (χ2n) is 3.80. The first-order valence-electron chi connectivity index (χ1n) is 5.65. The molecule has 0 fully saturated rings. The Morgan fingerprint density at radius 3 is 2.71 bits per heavy atom. The van der Waals surface area contributed by atoms with Gasteiger partial charge in [0.05, 0.1) is 17.1 Å². The fourth-order valence-electron chi connectivity index (χ4n) is 1.46. The van der Waals surface area contributed by atoms with Crippen molar-refractivity contribution in [3.8, 4) is 0 Å². The lowest BCUT2D eigenvalue weighted by molar-refractivity contribution is -0.136. The lowest BCUT2D eigenvalue weighted by Crippen LogP contribution is -2.23. The molecule has 1 heterocycles. The van der Waals surface area contributed by atoms with Crippen LogP contribution in [0.5, 0.6) is 0 Å². The maximum atomic E-state index is 11.8. The minimum atomic E-state index is -1.41. The van der Waals surface area contributed by atoms with E-state index in [2.05, 4.69) is 5.10 Å². The van der Waals surface area contributed by atoms with Crippen LogP contribution in [0.1, 0.15) is 32.2 Å². The van der Waals surface area contributed by atoms with Gasteiger partial charge in [-0.3, -0.25) is 13.7 Å². The molecule has 1 aromatic rings. The van der Waals surface area contributed by atoms with Crippen molar-refractivity contribution in [2.45, 2.75) is 44.7 Å². The number of rotatable bonds is 6. The third kappa shape index (κ3) is 3.39. The normalized spacial score (nSPS) is 14.5. The highest BCUT2D eigenvalue weighted by Gasteiger charge is 2.20. The van der Waals surface area contributed by atoms with Crippen LogP contribution < -0.4 is 0 Å². The number of carbonyl (C=O) groups is 1. The Morgan fingerprint density at radius 1 is 1.59 bits per heavy atom. The Hall–Kier alpha value is -1.17. The van der Waals surface area contributed by atoms with Gasteiger partial charge >= 0.3 is 5.97 Å². The van der Waals surface area contributed by atoms with E-state index in [0.29, 0.717) is 6.54 Å². The Morgan fingerprint density at radius 2 is 2.24 bits per heavy atom. The first-order valence-corrected chi connectivity index (χ1v) is 7.03. The molecule has 0 bridgehead atoms. The molecule has 2 unspecified atom stereocenters. The molecule has 96 valence electrons. The van der Waals surface area contributed by atoms with Crippen molar-refractivity contribution in [2.24, 2.45) is 0 Å². The highest BCUT2D eigenvalue weighted by Crippen LogP contribution is 2.11. The van der Waals surface area contributed by atoms with Gasteiger partial charge in [-0.1, -0.05) is 6.92 Å². The predicted molar refractivity (Wildman–Crippen MR) is 66.2 cm³/mol. The first-order chi connectivity index (χ1) is 7.99. The van der Waals surface area contributed by atoms with E-state index >= 15 is 0 Å². The molecule has 0 saturated carbocycles. The summed E-state index contributed by atoms with van der Waals surface area (Å²) in [5.41, 5.74) is 1.79. The van der Waals surface area contributed by atoms with Crippen LogP contribution in [0, 0.1) is 0 Å². The Kier molecular flexibility index (Phi) is 4.86.